The van der Waals surface area contributed by atoms with Crippen LogP contribution in [-0.4, -0.2) is 33.0 Å². The van der Waals surface area contributed by atoms with Gasteiger partial charge in [0.15, 0.2) is 9.84 Å². The summed E-state index contributed by atoms with van der Waals surface area (Å²) in [6.45, 7) is 0. The van der Waals surface area contributed by atoms with E-state index in [0.29, 0.717) is 5.75 Å². The monoisotopic (exact) mass is 232 g/mol. The van der Waals surface area contributed by atoms with Gasteiger partial charge >= 0.3 is 5.97 Å². The lowest BCUT2D eigenvalue weighted by molar-refractivity contribution is -0.139. The number of hydrogen-bond donors (Lipinski definition) is 0. The molecule has 4 nitrogen and oxygen atoms in total. The summed E-state index contributed by atoms with van der Waals surface area (Å²) in [6, 6.07) is 0. The largest absolute Gasteiger partial charge is 0.469 e. The molecule has 1 saturated heterocycles. The van der Waals surface area contributed by atoms with Crippen molar-refractivity contribution in [2.45, 2.75) is 19.3 Å². The van der Waals surface area contributed by atoms with Gasteiger partial charge in [0.1, 0.15) is 0 Å². The fourth-order valence-corrected chi connectivity index (χ4v) is 3.49. The maximum Gasteiger partial charge on any atom is 0.309 e. The predicted octanol–water partition coefficient (Wildman–Crippen LogP) is 0.931. The Bertz CT molecular complexity index is 342. The first-order valence-corrected chi connectivity index (χ1v) is 6.78. The summed E-state index contributed by atoms with van der Waals surface area (Å²) >= 11 is 0. The molecule has 86 valence electrons. The van der Waals surface area contributed by atoms with E-state index < -0.39 is 9.84 Å². The molecule has 0 spiro atoms. The second kappa shape index (κ2) is 5.30. The quantitative estimate of drug-likeness (QED) is 0.534. The molecule has 1 atom stereocenters. The summed E-state index contributed by atoms with van der Waals surface area (Å²) in [5.41, 5.74) is 0. The second-order valence-corrected chi connectivity index (χ2v) is 5.99. The second-order valence-electron chi connectivity index (χ2n) is 3.76. The van der Waals surface area contributed by atoms with Gasteiger partial charge in [0.05, 0.1) is 25.0 Å². The highest BCUT2D eigenvalue weighted by Crippen LogP contribution is 2.21. The lowest BCUT2D eigenvalue weighted by Crippen LogP contribution is -2.04. The van der Waals surface area contributed by atoms with Crippen LogP contribution in [0.1, 0.15) is 19.3 Å². The van der Waals surface area contributed by atoms with Crippen LogP contribution < -0.4 is 0 Å². The topological polar surface area (TPSA) is 60.4 Å². The van der Waals surface area contributed by atoms with E-state index >= 15 is 0 Å². The van der Waals surface area contributed by atoms with Crippen LogP contribution in [-0.2, 0) is 19.4 Å². The Morgan fingerprint density at radius 2 is 2.20 bits per heavy atom. The van der Waals surface area contributed by atoms with Crippen molar-refractivity contribution in [3.63, 3.8) is 0 Å². The zero-order chi connectivity index (χ0) is 11.3. The van der Waals surface area contributed by atoms with E-state index in [1.807, 2.05) is 6.08 Å². The molecule has 0 radical (unpaired) electrons. The minimum Gasteiger partial charge on any atom is -0.469 e. The van der Waals surface area contributed by atoms with Gasteiger partial charge in [-0.2, -0.15) is 0 Å². The Morgan fingerprint density at radius 1 is 1.47 bits per heavy atom. The minimum atomic E-state index is -2.78. The molecule has 5 heteroatoms. The van der Waals surface area contributed by atoms with E-state index in [0.717, 1.165) is 12.8 Å². The predicted molar refractivity (Wildman–Crippen MR) is 57.2 cm³/mol. The Kier molecular flexibility index (Phi) is 4.32. The molecule has 1 aliphatic heterocycles. The molecule has 0 bridgehead atoms. The van der Waals surface area contributed by atoms with Crippen LogP contribution in [0.2, 0.25) is 0 Å². The van der Waals surface area contributed by atoms with Gasteiger partial charge in [0.25, 0.3) is 0 Å². The first-order chi connectivity index (χ1) is 7.03. The van der Waals surface area contributed by atoms with E-state index in [9.17, 15) is 13.2 Å². The van der Waals surface area contributed by atoms with Gasteiger partial charge in [-0.25, -0.2) is 8.42 Å². The number of methoxy groups -OCH3 is 1. The molecule has 0 N–H and O–H groups in total. The molecule has 0 aromatic heterocycles. The summed E-state index contributed by atoms with van der Waals surface area (Å²) in [6.07, 6.45) is 5.33. The van der Waals surface area contributed by atoms with Crippen LogP contribution in [0.5, 0.6) is 0 Å². The van der Waals surface area contributed by atoms with Gasteiger partial charge < -0.3 is 4.74 Å². The summed E-state index contributed by atoms with van der Waals surface area (Å²) < 4.78 is 26.7. The first kappa shape index (κ1) is 12.2. The number of esters is 1. The number of rotatable bonds is 4. The Labute approximate surface area is 90.2 Å². The van der Waals surface area contributed by atoms with Crippen molar-refractivity contribution in [1.29, 1.82) is 0 Å². The summed E-state index contributed by atoms with van der Waals surface area (Å²) in [4.78, 5) is 10.7. The zero-order valence-corrected chi connectivity index (χ0v) is 9.63. The Hall–Kier alpha value is -0.840. The molecule has 0 saturated carbocycles. The molecule has 0 amide bonds. The highest BCUT2D eigenvalue weighted by molar-refractivity contribution is 7.91. The van der Waals surface area contributed by atoms with Crippen molar-refractivity contribution < 1.29 is 17.9 Å². The summed E-state index contributed by atoms with van der Waals surface area (Å²) in [7, 11) is -1.43. The van der Waals surface area contributed by atoms with Crippen LogP contribution in [0.25, 0.3) is 0 Å². The third-order valence-electron chi connectivity index (χ3n) is 2.48. The standard InChI is InChI=1S/C10H16O4S/c1-14-10(11)5-3-2-4-9-6-7-15(12,13)8-9/h2-3,9H,4-8H2,1H3/b3-2-. The Morgan fingerprint density at radius 3 is 2.73 bits per heavy atom. The molecule has 1 unspecified atom stereocenters. The van der Waals surface area contributed by atoms with Gasteiger partial charge in [-0.3, -0.25) is 4.79 Å². The average Bonchev–Trinajstić information content (AvgIpc) is 2.52. The number of sulfone groups is 1. The van der Waals surface area contributed by atoms with Crippen molar-refractivity contribution in [1.82, 2.24) is 0 Å². The van der Waals surface area contributed by atoms with Crippen LogP contribution in [0.15, 0.2) is 12.2 Å². The smallest absolute Gasteiger partial charge is 0.309 e. The maximum absolute atomic E-state index is 11.1. The minimum absolute atomic E-state index is 0.226. The van der Waals surface area contributed by atoms with Crippen molar-refractivity contribution in [3.8, 4) is 0 Å². The third-order valence-corrected chi connectivity index (χ3v) is 4.31. The summed E-state index contributed by atoms with van der Waals surface area (Å²) in [5, 5.41) is 0. The molecule has 0 aliphatic carbocycles. The molecule has 1 rings (SSSR count). The third kappa shape index (κ3) is 4.46. The van der Waals surface area contributed by atoms with Crippen molar-refractivity contribution in [3.05, 3.63) is 12.2 Å². The molecule has 15 heavy (non-hydrogen) atoms. The van der Waals surface area contributed by atoms with Crippen molar-refractivity contribution >= 4 is 15.8 Å². The molecule has 1 heterocycles. The number of carbonyl (C=O) groups excluding carboxylic acids is 1. The molecular formula is C10H16O4S. The molecule has 0 aromatic rings. The van der Waals surface area contributed by atoms with Crippen LogP contribution in [0, 0.1) is 5.92 Å². The summed E-state index contributed by atoms with van der Waals surface area (Å²) in [5.74, 6) is 0.548. The van der Waals surface area contributed by atoms with Gasteiger partial charge in [-0.05, 0) is 18.8 Å². The van der Waals surface area contributed by atoms with Gasteiger partial charge in [0, 0.05) is 0 Å². The Balaban J connectivity index is 2.24. The fraction of sp³-hybridized carbons (Fsp3) is 0.700. The number of ether oxygens (including phenoxy) is 1. The zero-order valence-electron chi connectivity index (χ0n) is 8.81. The normalized spacial score (nSPS) is 24.5. The molecular weight excluding hydrogens is 216 g/mol. The highest BCUT2D eigenvalue weighted by Gasteiger charge is 2.26. The number of hydrogen-bond acceptors (Lipinski definition) is 4. The van der Waals surface area contributed by atoms with E-state index in [-0.39, 0.29) is 24.1 Å². The number of carbonyl (C=O) groups is 1. The number of allylic oxidation sites excluding steroid dienone is 1. The fourth-order valence-electron chi connectivity index (χ4n) is 1.61. The van der Waals surface area contributed by atoms with E-state index in [1.54, 1.807) is 6.08 Å². The average molecular weight is 232 g/mol. The first-order valence-electron chi connectivity index (χ1n) is 4.96. The molecule has 0 aromatic carbocycles. The lowest BCUT2D eigenvalue weighted by Gasteiger charge is -2.01. The van der Waals surface area contributed by atoms with Crippen LogP contribution in [0.4, 0.5) is 0 Å². The maximum atomic E-state index is 11.1. The van der Waals surface area contributed by atoms with Crippen LogP contribution >= 0.6 is 0 Å². The lowest BCUT2D eigenvalue weighted by atomic mass is 10.1. The van der Waals surface area contributed by atoms with E-state index in [4.69, 9.17) is 0 Å². The van der Waals surface area contributed by atoms with Crippen LogP contribution in [0.3, 0.4) is 0 Å². The highest BCUT2D eigenvalue weighted by atomic mass is 32.2. The van der Waals surface area contributed by atoms with Gasteiger partial charge in [0.2, 0.25) is 0 Å². The van der Waals surface area contributed by atoms with Crippen molar-refractivity contribution in [2.24, 2.45) is 5.92 Å². The van der Waals surface area contributed by atoms with E-state index in [2.05, 4.69) is 4.74 Å². The van der Waals surface area contributed by atoms with Crippen molar-refractivity contribution in [2.75, 3.05) is 18.6 Å². The SMILES string of the molecule is COC(=O)C/C=C\CC1CCS(=O)(=O)C1. The molecule has 1 fully saturated rings. The van der Waals surface area contributed by atoms with Gasteiger partial charge in [-0.1, -0.05) is 12.2 Å². The van der Waals surface area contributed by atoms with Gasteiger partial charge in [-0.15, -0.1) is 0 Å². The van der Waals surface area contributed by atoms with E-state index in [1.165, 1.54) is 7.11 Å². The molecule has 1 aliphatic rings.